The first-order chi connectivity index (χ1) is 9.05. The molecule has 0 aromatic carbocycles. The fraction of sp³-hybridized carbons (Fsp3) is 1.00. The smallest absolute Gasteiger partial charge is 0.152 e. The molecule has 19 heavy (non-hydrogen) atoms. The summed E-state index contributed by atoms with van der Waals surface area (Å²) < 4.78 is 23.0. The SMILES string of the molecule is CCNCC1(CN2CCS(=O)(=O)CC2)CCCCC1. The van der Waals surface area contributed by atoms with Crippen LogP contribution >= 0.6 is 0 Å². The van der Waals surface area contributed by atoms with E-state index >= 15 is 0 Å². The summed E-state index contributed by atoms with van der Waals surface area (Å²) >= 11 is 0. The van der Waals surface area contributed by atoms with Crippen LogP contribution in [0.15, 0.2) is 0 Å². The van der Waals surface area contributed by atoms with Crippen LogP contribution in [0.3, 0.4) is 0 Å². The zero-order valence-corrected chi connectivity index (χ0v) is 13.0. The van der Waals surface area contributed by atoms with Crippen LogP contribution in [0.1, 0.15) is 39.0 Å². The standard InChI is InChI=1S/C14H28N2O2S/c1-2-15-12-14(6-4-3-5-7-14)13-16-8-10-19(17,18)11-9-16/h15H,2-13H2,1H3. The molecule has 0 aromatic heterocycles. The molecular weight excluding hydrogens is 260 g/mol. The average Bonchev–Trinajstić information content (AvgIpc) is 2.40. The Morgan fingerprint density at radius 3 is 2.32 bits per heavy atom. The summed E-state index contributed by atoms with van der Waals surface area (Å²) in [5.41, 5.74) is 0.384. The van der Waals surface area contributed by atoms with E-state index in [1.54, 1.807) is 0 Å². The van der Waals surface area contributed by atoms with Crippen molar-refractivity contribution in [2.75, 3.05) is 44.2 Å². The average molecular weight is 288 g/mol. The van der Waals surface area contributed by atoms with Gasteiger partial charge in [-0.1, -0.05) is 26.2 Å². The highest BCUT2D eigenvalue weighted by Crippen LogP contribution is 2.36. The molecule has 112 valence electrons. The Kier molecular flexibility index (Phi) is 5.26. The summed E-state index contributed by atoms with van der Waals surface area (Å²) in [6.45, 7) is 6.81. The van der Waals surface area contributed by atoms with E-state index in [4.69, 9.17) is 0 Å². The molecule has 0 atom stereocenters. The van der Waals surface area contributed by atoms with Gasteiger partial charge in [0.15, 0.2) is 9.84 Å². The van der Waals surface area contributed by atoms with E-state index in [1.807, 2.05) is 0 Å². The minimum Gasteiger partial charge on any atom is -0.316 e. The topological polar surface area (TPSA) is 49.4 Å². The monoisotopic (exact) mass is 288 g/mol. The van der Waals surface area contributed by atoms with Crippen molar-refractivity contribution in [2.24, 2.45) is 5.41 Å². The lowest BCUT2D eigenvalue weighted by atomic mass is 9.73. The molecule has 4 nitrogen and oxygen atoms in total. The molecule has 2 aliphatic rings. The Labute approximate surface area is 117 Å². The van der Waals surface area contributed by atoms with Crippen molar-refractivity contribution < 1.29 is 8.42 Å². The maximum absolute atomic E-state index is 11.5. The summed E-state index contributed by atoms with van der Waals surface area (Å²) in [4.78, 5) is 2.38. The van der Waals surface area contributed by atoms with E-state index in [2.05, 4.69) is 17.1 Å². The Bertz CT molecular complexity index is 361. The van der Waals surface area contributed by atoms with Crippen LogP contribution < -0.4 is 5.32 Å². The van der Waals surface area contributed by atoms with Gasteiger partial charge in [0.1, 0.15) is 0 Å². The van der Waals surface area contributed by atoms with Gasteiger partial charge in [-0.2, -0.15) is 0 Å². The van der Waals surface area contributed by atoms with Crippen LogP contribution in [0.25, 0.3) is 0 Å². The van der Waals surface area contributed by atoms with Gasteiger partial charge in [0, 0.05) is 26.2 Å². The highest BCUT2D eigenvalue weighted by Gasteiger charge is 2.35. The number of sulfone groups is 1. The molecule has 0 amide bonds. The summed E-state index contributed by atoms with van der Waals surface area (Å²) in [6.07, 6.45) is 6.61. The number of hydrogen-bond acceptors (Lipinski definition) is 4. The van der Waals surface area contributed by atoms with Gasteiger partial charge in [0.25, 0.3) is 0 Å². The molecule has 0 aromatic rings. The quantitative estimate of drug-likeness (QED) is 0.828. The predicted octanol–water partition coefficient (Wildman–Crippen LogP) is 1.28. The Hall–Kier alpha value is -0.130. The first kappa shape index (κ1) is 15.3. The van der Waals surface area contributed by atoms with Gasteiger partial charge >= 0.3 is 0 Å². The molecule has 2 rings (SSSR count). The van der Waals surface area contributed by atoms with Gasteiger partial charge < -0.3 is 10.2 Å². The predicted molar refractivity (Wildman–Crippen MR) is 79.2 cm³/mol. The normalized spacial score (nSPS) is 27.2. The lowest BCUT2D eigenvalue weighted by Crippen LogP contribution is -2.49. The molecule has 5 heteroatoms. The Balaban J connectivity index is 1.92. The molecule has 1 saturated heterocycles. The second kappa shape index (κ2) is 6.55. The van der Waals surface area contributed by atoms with Crippen LogP contribution in [0.5, 0.6) is 0 Å². The maximum Gasteiger partial charge on any atom is 0.152 e. The third-order valence-corrected chi connectivity index (χ3v) is 6.27. The summed E-state index contributed by atoms with van der Waals surface area (Å²) in [7, 11) is -2.75. The molecule has 0 radical (unpaired) electrons. The summed E-state index contributed by atoms with van der Waals surface area (Å²) in [5.74, 6) is 0.703. The van der Waals surface area contributed by atoms with Crippen LogP contribution in [0.4, 0.5) is 0 Å². The molecule has 2 fully saturated rings. The second-order valence-electron chi connectivity index (χ2n) is 6.27. The second-order valence-corrected chi connectivity index (χ2v) is 8.57. The number of nitrogens with one attached hydrogen (secondary N) is 1. The van der Waals surface area contributed by atoms with Crippen LogP contribution in [-0.2, 0) is 9.84 Å². The highest BCUT2D eigenvalue weighted by atomic mass is 32.2. The van der Waals surface area contributed by atoms with E-state index < -0.39 is 9.84 Å². The third-order valence-electron chi connectivity index (χ3n) is 4.66. The summed E-state index contributed by atoms with van der Waals surface area (Å²) in [5, 5.41) is 3.52. The van der Waals surface area contributed by atoms with Gasteiger partial charge in [0.05, 0.1) is 11.5 Å². The zero-order valence-electron chi connectivity index (χ0n) is 12.2. The van der Waals surface area contributed by atoms with Crippen molar-refractivity contribution in [3.8, 4) is 0 Å². The molecule has 1 aliphatic heterocycles. The van der Waals surface area contributed by atoms with Crippen molar-refractivity contribution in [2.45, 2.75) is 39.0 Å². The molecule has 1 heterocycles. The van der Waals surface area contributed by atoms with E-state index in [1.165, 1.54) is 32.1 Å². The molecule has 0 unspecified atom stereocenters. The zero-order chi connectivity index (χ0) is 13.8. The Morgan fingerprint density at radius 2 is 1.74 bits per heavy atom. The fourth-order valence-corrected chi connectivity index (χ4v) is 4.74. The molecule has 1 N–H and O–H groups in total. The van der Waals surface area contributed by atoms with Gasteiger partial charge in [-0.3, -0.25) is 0 Å². The van der Waals surface area contributed by atoms with E-state index in [0.717, 1.165) is 32.7 Å². The lowest BCUT2D eigenvalue weighted by molar-refractivity contribution is 0.108. The Morgan fingerprint density at radius 1 is 1.11 bits per heavy atom. The largest absolute Gasteiger partial charge is 0.316 e. The van der Waals surface area contributed by atoms with Crippen LogP contribution in [0.2, 0.25) is 0 Å². The van der Waals surface area contributed by atoms with Crippen LogP contribution in [-0.4, -0.2) is 57.5 Å². The first-order valence-corrected chi connectivity index (χ1v) is 9.51. The molecule has 0 spiro atoms. The van der Waals surface area contributed by atoms with Gasteiger partial charge in [-0.05, 0) is 24.8 Å². The molecule has 1 aliphatic carbocycles. The summed E-state index contributed by atoms with van der Waals surface area (Å²) in [6, 6.07) is 0. The van der Waals surface area contributed by atoms with Crippen molar-refractivity contribution in [3.05, 3.63) is 0 Å². The minimum atomic E-state index is -2.75. The van der Waals surface area contributed by atoms with Crippen molar-refractivity contribution in [3.63, 3.8) is 0 Å². The van der Waals surface area contributed by atoms with Crippen molar-refractivity contribution in [1.29, 1.82) is 0 Å². The van der Waals surface area contributed by atoms with Crippen molar-refractivity contribution >= 4 is 9.84 Å². The van der Waals surface area contributed by atoms with E-state index in [9.17, 15) is 8.42 Å². The molecule has 0 bridgehead atoms. The highest BCUT2D eigenvalue weighted by molar-refractivity contribution is 7.91. The molecular formula is C14H28N2O2S. The van der Waals surface area contributed by atoms with E-state index in [-0.39, 0.29) is 0 Å². The van der Waals surface area contributed by atoms with Crippen molar-refractivity contribution in [1.82, 2.24) is 10.2 Å². The fourth-order valence-electron chi connectivity index (χ4n) is 3.47. The number of rotatable bonds is 5. The number of nitrogens with zero attached hydrogens (tertiary/aromatic N) is 1. The third kappa shape index (κ3) is 4.43. The van der Waals surface area contributed by atoms with Crippen LogP contribution in [0, 0.1) is 5.41 Å². The van der Waals surface area contributed by atoms with Gasteiger partial charge in [-0.25, -0.2) is 8.42 Å². The lowest BCUT2D eigenvalue weighted by Gasteiger charge is -2.42. The van der Waals surface area contributed by atoms with Gasteiger partial charge in [-0.15, -0.1) is 0 Å². The first-order valence-electron chi connectivity index (χ1n) is 7.69. The number of hydrogen-bond donors (Lipinski definition) is 1. The van der Waals surface area contributed by atoms with Gasteiger partial charge in [0.2, 0.25) is 0 Å². The minimum absolute atomic E-state index is 0.351. The van der Waals surface area contributed by atoms with E-state index in [0.29, 0.717) is 16.9 Å². The molecule has 1 saturated carbocycles. The maximum atomic E-state index is 11.5.